The molecule has 0 N–H and O–H groups in total. The molecular weight excluding hydrogens is 753 g/mol. The molecule has 62 heavy (non-hydrogen) atoms. The lowest BCUT2D eigenvalue weighted by Gasteiger charge is -2.16. The Morgan fingerprint density at radius 3 is 1.68 bits per heavy atom. The molecule has 0 radical (unpaired) electrons. The third-order valence-electron chi connectivity index (χ3n) is 13.2. The average molecular weight is 787 g/mol. The van der Waals surface area contributed by atoms with Crippen LogP contribution in [0.2, 0.25) is 0 Å². The lowest BCUT2D eigenvalue weighted by molar-refractivity contribution is 1.08. The zero-order valence-electron chi connectivity index (χ0n) is 33.4. The maximum absolute atomic E-state index is 5.74. The van der Waals surface area contributed by atoms with Crippen molar-refractivity contribution in [1.82, 2.24) is 19.1 Å². The number of nitrogens with zero attached hydrogens (tertiary/aromatic N) is 4. The van der Waals surface area contributed by atoms with Gasteiger partial charge in [0.2, 0.25) is 0 Å². The summed E-state index contributed by atoms with van der Waals surface area (Å²) in [7, 11) is 0. The van der Waals surface area contributed by atoms with Gasteiger partial charge in [0, 0.05) is 49.0 Å². The van der Waals surface area contributed by atoms with E-state index < -0.39 is 0 Å². The number of benzene rings is 11. The van der Waals surface area contributed by atoms with E-state index in [1.54, 1.807) is 0 Å². The van der Waals surface area contributed by atoms with Crippen LogP contribution in [0.4, 0.5) is 0 Å². The molecule has 0 saturated carbocycles. The van der Waals surface area contributed by atoms with E-state index in [9.17, 15) is 0 Å². The zero-order chi connectivity index (χ0) is 40.5. The molecule has 0 atom stereocenters. The largest absolute Gasteiger partial charge is 0.309 e. The first kappa shape index (κ1) is 33.5. The van der Waals surface area contributed by atoms with E-state index in [0.717, 1.165) is 61.1 Å². The summed E-state index contributed by atoms with van der Waals surface area (Å²) >= 11 is 0. The molecule has 0 amide bonds. The van der Waals surface area contributed by atoms with Crippen LogP contribution in [-0.4, -0.2) is 19.1 Å². The van der Waals surface area contributed by atoms with Gasteiger partial charge in [-0.05, 0) is 80.2 Å². The van der Waals surface area contributed by atoms with Crippen molar-refractivity contribution >= 4 is 109 Å². The molecule has 0 spiro atoms. The van der Waals surface area contributed by atoms with Gasteiger partial charge in [-0.2, -0.15) is 0 Å². The monoisotopic (exact) mass is 786 g/mol. The van der Waals surface area contributed by atoms with Gasteiger partial charge in [0.05, 0.1) is 33.1 Å². The second-order valence-electron chi connectivity index (χ2n) is 16.5. The van der Waals surface area contributed by atoms with E-state index in [1.807, 2.05) is 0 Å². The van der Waals surface area contributed by atoms with Crippen LogP contribution in [0.5, 0.6) is 0 Å². The molecule has 0 aliphatic heterocycles. The van der Waals surface area contributed by atoms with Crippen LogP contribution in [0.3, 0.4) is 0 Å². The van der Waals surface area contributed by atoms with Crippen molar-refractivity contribution in [3.05, 3.63) is 206 Å². The first-order valence-electron chi connectivity index (χ1n) is 21.3. The molecular formula is C58H34N4. The van der Waals surface area contributed by atoms with E-state index in [0.29, 0.717) is 0 Å². The first-order valence-corrected chi connectivity index (χ1v) is 21.3. The number of hydrogen-bond acceptors (Lipinski definition) is 2. The standard InChI is InChI=1S/C58H34N4/c1-2-16-38(17-3-1)61-50-25-13-12-23-44(50)48-34-37(28-32-51(48)61)55-58(59-49-31-27-35-14-4-6-18-39(35)56(49)60-55)62-52-33-30-46-43-22-9-8-20-41(43)42-21-10-11-24-45(42)53(46)54(52)47-29-26-36-15-5-7-19-40(36)57(47)62/h1-34H. The molecule has 3 heterocycles. The van der Waals surface area contributed by atoms with Gasteiger partial charge in [0.1, 0.15) is 5.69 Å². The summed E-state index contributed by atoms with van der Waals surface area (Å²) in [6, 6.07) is 74.8. The van der Waals surface area contributed by atoms with Gasteiger partial charge in [-0.15, -0.1) is 0 Å². The topological polar surface area (TPSA) is 35.6 Å². The Morgan fingerprint density at radius 1 is 0.323 bits per heavy atom. The van der Waals surface area contributed by atoms with Crippen molar-refractivity contribution < 1.29 is 0 Å². The van der Waals surface area contributed by atoms with E-state index >= 15 is 0 Å². The molecule has 11 aromatic carbocycles. The third kappa shape index (κ3) is 4.55. The molecule has 0 saturated heterocycles. The average Bonchev–Trinajstić information content (AvgIpc) is 3.87. The molecule has 286 valence electrons. The molecule has 0 bridgehead atoms. The van der Waals surface area contributed by atoms with Crippen LogP contribution < -0.4 is 0 Å². The summed E-state index contributed by atoms with van der Waals surface area (Å²) < 4.78 is 4.79. The van der Waals surface area contributed by atoms with Crippen LogP contribution in [0.25, 0.3) is 131 Å². The normalized spacial score (nSPS) is 12.2. The van der Waals surface area contributed by atoms with E-state index in [-0.39, 0.29) is 0 Å². The first-order chi connectivity index (χ1) is 30.8. The van der Waals surface area contributed by atoms with Crippen molar-refractivity contribution in [2.75, 3.05) is 0 Å². The molecule has 3 aromatic heterocycles. The van der Waals surface area contributed by atoms with Crippen molar-refractivity contribution in [3.8, 4) is 22.8 Å². The molecule has 0 fully saturated rings. The van der Waals surface area contributed by atoms with Gasteiger partial charge in [-0.1, -0.05) is 164 Å². The van der Waals surface area contributed by atoms with Crippen molar-refractivity contribution in [2.45, 2.75) is 0 Å². The van der Waals surface area contributed by atoms with Crippen LogP contribution in [0, 0.1) is 0 Å². The van der Waals surface area contributed by atoms with Crippen LogP contribution in [0.1, 0.15) is 0 Å². The molecule has 0 unspecified atom stereocenters. The predicted octanol–water partition coefficient (Wildman–Crippen LogP) is 15.3. The molecule has 0 aliphatic rings. The Kier molecular flexibility index (Phi) is 6.80. The Hall–Kier alpha value is -8.34. The summed E-state index contributed by atoms with van der Waals surface area (Å²) in [5.74, 6) is 0.805. The molecule has 0 aliphatic carbocycles. The summed E-state index contributed by atoms with van der Waals surface area (Å²) in [6.45, 7) is 0. The highest BCUT2D eigenvalue weighted by Crippen LogP contribution is 2.46. The van der Waals surface area contributed by atoms with Crippen molar-refractivity contribution in [3.63, 3.8) is 0 Å². The molecule has 14 aromatic rings. The van der Waals surface area contributed by atoms with Gasteiger partial charge < -0.3 is 4.57 Å². The fourth-order valence-electron chi connectivity index (χ4n) is 10.6. The maximum Gasteiger partial charge on any atom is 0.165 e. The lowest BCUT2D eigenvalue weighted by Crippen LogP contribution is -2.04. The highest BCUT2D eigenvalue weighted by atomic mass is 15.1. The predicted molar refractivity (Wildman–Crippen MR) is 261 cm³/mol. The Labute approximate surface area is 355 Å². The second kappa shape index (κ2) is 12.6. The summed E-state index contributed by atoms with van der Waals surface area (Å²) in [6.07, 6.45) is 0. The quantitative estimate of drug-likeness (QED) is 0.167. The van der Waals surface area contributed by atoms with Gasteiger partial charge >= 0.3 is 0 Å². The van der Waals surface area contributed by atoms with Crippen LogP contribution in [-0.2, 0) is 0 Å². The van der Waals surface area contributed by atoms with Gasteiger partial charge in [0.25, 0.3) is 0 Å². The van der Waals surface area contributed by atoms with E-state index in [1.165, 1.54) is 70.2 Å². The number of rotatable bonds is 3. The van der Waals surface area contributed by atoms with Gasteiger partial charge in [-0.25, -0.2) is 9.97 Å². The van der Waals surface area contributed by atoms with E-state index in [2.05, 4.69) is 215 Å². The van der Waals surface area contributed by atoms with Gasteiger partial charge in [0.15, 0.2) is 5.82 Å². The van der Waals surface area contributed by atoms with Crippen molar-refractivity contribution in [1.29, 1.82) is 0 Å². The van der Waals surface area contributed by atoms with E-state index in [4.69, 9.17) is 9.97 Å². The Bertz CT molecular complexity index is 4180. The fourth-order valence-corrected chi connectivity index (χ4v) is 10.6. The third-order valence-corrected chi connectivity index (χ3v) is 13.2. The Balaban J connectivity index is 1.17. The lowest BCUT2D eigenvalue weighted by atomic mass is 9.91. The molecule has 4 nitrogen and oxygen atoms in total. The minimum absolute atomic E-state index is 0.805. The van der Waals surface area contributed by atoms with Gasteiger partial charge in [-0.3, -0.25) is 4.57 Å². The SMILES string of the molecule is c1ccc(-n2c3ccccc3c3cc(-c4nc5c(ccc6ccccc65)nc4-n4c5ccc6c7ccccc7c7ccccc7c6c5c5ccc6ccccc6c54)ccc32)cc1. The highest BCUT2D eigenvalue weighted by molar-refractivity contribution is 6.36. The summed E-state index contributed by atoms with van der Waals surface area (Å²) in [5.41, 5.74) is 9.27. The minimum atomic E-state index is 0.805. The second-order valence-corrected chi connectivity index (χ2v) is 16.5. The summed E-state index contributed by atoms with van der Waals surface area (Å²) in [4.78, 5) is 11.5. The molecule has 14 rings (SSSR count). The smallest absolute Gasteiger partial charge is 0.165 e. The minimum Gasteiger partial charge on any atom is -0.309 e. The van der Waals surface area contributed by atoms with Crippen molar-refractivity contribution in [2.24, 2.45) is 0 Å². The Morgan fingerprint density at radius 2 is 0.887 bits per heavy atom. The zero-order valence-corrected chi connectivity index (χ0v) is 33.4. The van der Waals surface area contributed by atoms with Crippen LogP contribution in [0.15, 0.2) is 206 Å². The maximum atomic E-state index is 5.74. The number of fused-ring (bicyclic) bond motifs is 18. The number of aromatic nitrogens is 4. The highest BCUT2D eigenvalue weighted by Gasteiger charge is 2.25. The summed E-state index contributed by atoms with van der Waals surface area (Å²) in [5, 5.41) is 16.9. The molecule has 4 heteroatoms. The number of para-hydroxylation sites is 2. The van der Waals surface area contributed by atoms with Crippen LogP contribution >= 0.6 is 0 Å². The number of hydrogen-bond donors (Lipinski definition) is 0. The fraction of sp³-hybridized carbons (Fsp3) is 0.